The van der Waals surface area contributed by atoms with E-state index in [1.807, 2.05) is 20.0 Å². The van der Waals surface area contributed by atoms with E-state index in [4.69, 9.17) is 0 Å². The molecule has 1 aromatic carbocycles. The summed E-state index contributed by atoms with van der Waals surface area (Å²) in [5, 5.41) is 8.47. The van der Waals surface area contributed by atoms with E-state index in [9.17, 15) is 8.42 Å². The van der Waals surface area contributed by atoms with Crippen molar-refractivity contribution < 1.29 is 8.42 Å². The van der Waals surface area contributed by atoms with E-state index in [2.05, 4.69) is 21.2 Å². The lowest BCUT2D eigenvalue weighted by Crippen LogP contribution is -2.61. The van der Waals surface area contributed by atoms with E-state index < -0.39 is 15.6 Å². The molecule has 0 unspecified atom stereocenters. The maximum atomic E-state index is 12.0. The minimum absolute atomic E-state index is 0.426. The Kier molecular flexibility index (Phi) is 3.06. The molecule has 4 rings (SSSR count). The Bertz CT molecular complexity index is 885. The Hall–Kier alpha value is -1.60. The van der Waals surface area contributed by atoms with E-state index in [0.717, 1.165) is 23.7 Å². The normalized spacial score (nSPS) is 21.3. The first-order valence-corrected chi connectivity index (χ1v) is 9.83. The molecule has 0 saturated carbocycles. The van der Waals surface area contributed by atoms with Gasteiger partial charge in [0.25, 0.3) is 0 Å². The summed E-state index contributed by atoms with van der Waals surface area (Å²) in [6.07, 6.45) is 5.38. The van der Waals surface area contributed by atoms with Crippen molar-refractivity contribution in [2.24, 2.45) is 0 Å². The lowest BCUT2D eigenvalue weighted by Gasteiger charge is -2.47. The highest BCUT2D eigenvalue weighted by Crippen LogP contribution is 2.40. The van der Waals surface area contributed by atoms with Crippen molar-refractivity contribution in [1.29, 1.82) is 0 Å². The van der Waals surface area contributed by atoms with Crippen LogP contribution in [-0.2, 0) is 22.9 Å². The molecule has 1 saturated heterocycles. The number of hydrogen-bond donors (Lipinski definition) is 1. The summed E-state index contributed by atoms with van der Waals surface area (Å²) in [5.74, 6) is 0. The Morgan fingerprint density at radius 1 is 1.26 bits per heavy atom. The molecular formula is C16H22N4O2S. The molecule has 1 aliphatic heterocycles. The van der Waals surface area contributed by atoms with E-state index >= 15 is 0 Å². The van der Waals surface area contributed by atoms with Crippen LogP contribution in [0.5, 0.6) is 0 Å². The zero-order valence-corrected chi connectivity index (χ0v) is 14.6. The van der Waals surface area contributed by atoms with Gasteiger partial charge in [-0.15, -0.1) is 0 Å². The minimum Gasteiger partial charge on any atom is -0.366 e. The first-order valence-electron chi connectivity index (χ1n) is 7.98. The smallest absolute Gasteiger partial charge is 0.211 e. The molecule has 1 fully saturated rings. The summed E-state index contributed by atoms with van der Waals surface area (Å²) in [6, 6.07) is 2.22. The van der Waals surface area contributed by atoms with E-state index in [0.29, 0.717) is 19.6 Å². The number of aromatic amines is 1. The van der Waals surface area contributed by atoms with E-state index in [1.165, 1.54) is 23.1 Å². The van der Waals surface area contributed by atoms with Crippen molar-refractivity contribution in [1.82, 2.24) is 14.5 Å². The van der Waals surface area contributed by atoms with Crippen LogP contribution in [0.15, 0.2) is 12.3 Å². The molecule has 2 aliphatic rings. The van der Waals surface area contributed by atoms with Crippen LogP contribution in [0.25, 0.3) is 10.9 Å². The standard InChI is InChI=1S/C16H22N4O2S/c1-16(2)10-19(6-7-20(16)23(3,21)22)15-13-5-4-11(13)8-12-9-17-18-14(12)15/h8-9H,4-7,10H2,1-3H3,(H,17,18). The van der Waals surface area contributed by atoms with Gasteiger partial charge in [0, 0.05) is 30.6 Å². The van der Waals surface area contributed by atoms with E-state index in [-0.39, 0.29) is 0 Å². The van der Waals surface area contributed by atoms with Gasteiger partial charge in [-0.3, -0.25) is 5.10 Å². The second-order valence-electron chi connectivity index (χ2n) is 7.27. The van der Waals surface area contributed by atoms with Crippen LogP contribution in [0.2, 0.25) is 0 Å². The van der Waals surface area contributed by atoms with Crippen molar-refractivity contribution in [3.8, 4) is 0 Å². The highest BCUT2D eigenvalue weighted by molar-refractivity contribution is 7.88. The van der Waals surface area contributed by atoms with Crippen LogP contribution in [0.1, 0.15) is 25.0 Å². The number of benzene rings is 1. The largest absolute Gasteiger partial charge is 0.366 e. The number of aryl methyl sites for hydroxylation is 1. The Balaban J connectivity index is 1.77. The zero-order chi connectivity index (χ0) is 16.4. The molecule has 23 heavy (non-hydrogen) atoms. The second kappa shape index (κ2) is 4.70. The lowest BCUT2D eigenvalue weighted by atomic mass is 9.84. The van der Waals surface area contributed by atoms with Gasteiger partial charge in [0.15, 0.2) is 0 Å². The van der Waals surface area contributed by atoms with Gasteiger partial charge >= 0.3 is 0 Å². The fourth-order valence-electron chi connectivity index (χ4n) is 4.05. The summed E-state index contributed by atoms with van der Waals surface area (Å²) in [5.41, 5.74) is 4.67. The third-order valence-corrected chi connectivity index (χ3v) is 6.57. The first kappa shape index (κ1) is 15.0. The summed E-state index contributed by atoms with van der Waals surface area (Å²) in [7, 11) is -3.19. The molecule has 2 aromatic rings. The van der Waals surface area contributed by atoms with Crippen LogP contribution in [-0.4, -0.2) is 54.3 Å². The van der Waals surface area contributed by atoms with Crippen molar-refractivity contribution in [2.45, 2.75) is 32.2 Å². The fraction of sp³-hybridized carbons (Fsp3) is 0.562. The Labute approximate surface area is 136 Å². The summed E-state index contributed by atoms with van der Waals surface area (Å²) >= 11 is 0. The lowest BCUT2D eigenvalue weighted by molar-refractivity contribution is 0.206. The highest BCUT2D eigenvalue weighted by atomic mass is 32.2. The van der Waals surface area contributed by atoms with Gasteiger partial charge < -0.3 is 4.90 Å². The number of hydrogen-bond acceptors (Lipinski definition) is 4. The molecule has 2 heterocycles. The number of piperazine rings is 1. The van der Waals surface area contributed by atoms with Gasteiger partial charge in [0.05, 0.1) is 23.7 Å². The molecule has 124 valence electrons. The number of fused-ring (bicyclic) bond motifs is 2. The van der Waals surface area contributed by atoms with Crippen LogP contribution in [0.3, 0.4) is 0 Å². The van der Waals surface area contributed by atoms with Gasteiger partial charge in [-0.2, -0.15) is 9.40 Å². The topological polar surface area (TPSA) is 69.3 Å². The third-order valence-electron chi connectivity index (χ3n) is 5.10. The van der Waals surface area contributed by atoms with Gasteiger partial charge in [0.1, 0.15) is 0 Å². The Morgan fingerprint density at radius 2 is 2.04 bits per heavy atom. The zero-order valence-electron chi connectivity index (χ0n) is 13.8. The van der Waals surface area contributed by atoms with Crippen molar-refractivity contribution in [3.05, 3.63) is 23.4 Å². The number of aromatic nitrogens is 2. The molecule has 0 spiro atoms. The predicted molar refractivity (Wildman–Crippen MR) is 91.3 cm³/mol. The molecule has 1 N–H and O–H groups in total. The molecule has 0 bridgehead atoms. The molecule has 1 aromatic heterocycles. The number of sulfonamides is 1. The molecule has 0 radical (unpaired) electrons. The maximum Gasteiger partial charge on any atom is 0.211 e. The highest BCUT2D eigenvalue weighted by Gasteiger charge is 2.40. The monoisotopic (exact) mass is 334 g/mol. The predicted octanol–water partition coefficient (Wildman–Crippen LogP) is 1.52. The van der Waals surface area contributed by atoms with Gasteiger partial charge in [-0.25, -0.2) is 8.42 Å². The number of nitrogens with zero attached hydrogens (tertiary/aromatic N) is 3. The quantitative estimate of drug-likeness (QED) is 0.904. The van der Waals surface area contributed by atoms with Crippen LogP contribution >= 0.6 is 0 Å². The maximum absolute atomic E-state index is 12.0. The molecule has 1 aliphatic carbocycles. The van der Waals surface area contributed by atoms with Crippen molar-refractivity contribution >= 4 is 26.6 Å². The summed E-state index contributed by atoms with van der Waals surface area (Å²) in [6.45, 7) is 5.91. The fourth-order valence-corrected chi connectivity index (χ4v) is 5.42. The number of H-pyrrole nitrogens is 1. The number of nitrogens with one attached hydrogen (secondary N) is 1. The second-order valence-corrected chi connectivity index (χ2v) is 9.17. The van der Waals surface area contributed by atoms with Crippen LogP contribution in [0, 0.1) is 0 Å². The first-order chi connectivity index (χ1) is 10.8. The summed E-state index contributed by atoms with van der Waals surface area (Å²) < 4.78 is 25.7. The van der Waals surface area contributed by atoms with Gasteiger partial charge in [0.2, 0.25) is 10.0 Å². The molecule has 0 atom stereocenters. The van der Waals surface area contributed by atoms with Gasteiger partial charge in [-0.1, -0.05) is 0 Å². The average molecular weight is 334 g/mol. The summed E-state index contributed by atoms with van der Waals surface area (Å²) in [4.78, 5) is 2.33. The molecular weight excluding hydrogens is 312 g/mol. The van der Waals surface area contributed by atoms with Crippen LogP contribution in [0.4, 0.5) is 5.69 Å². The average Bonchev–Trinajstić information content (AvgIpc) is 2.85. The molecule has 0 amide bonds. The molecule has 7 heteroatoms. The van der Waals surface area contributed by atoms with E-state index in [1.54, 1.807) is 4.31 Å². The van der Waals surface area contributed by atoms with Crippen molar-refractivity contribution in [2.75, 3.05) is 30.8 Å². The van der Waals surface area contributed by atoms with Gasteiger partial charge in [-0.05, 0) is 43.9 Å². The van der Waals surface area contributed by atoms with Crippen molar-refractivity contribution in [3.63, 3.8) is 0 Å². The van der Waals surface area contributed by atoms with Crippen LogP contribution < -0.4 is 4.90 Å². The third kappa shape index (κ3) is 2.25. The Morgan fingerprint density at radius 3 is 2.65 bits per heavy atom. The number of rotatable bonds is 2. The SMILES string of the molecule is CC1(C)CN(c2c3c(cc4cn[nH]c24)CC3)CCN1S(C)(=O)=O. The molecule has 6 nitrogen and oxygen atoms in total. The minimum atomic E-state index is -3.19. The number of anilines is 1.